The zero-order valence-electron chi connectivity index (χ0n) is 71.5. The second-order valence-corrected chi connectivity index (χ2v) is 35.0. The van der Waals surface area contributed by atoms with Crippen molar-refractivity contribution in [3.63, 3.8) is 0 Å². The second kappa shape index (κ2) is 37.5. The Hall–Kier alpha value is -12.2. The summed E-state index contributed by atoms with van der Waals surface area (Å²) in [5.41, 5.74) is 29.2. The Morgan fingerprint density at radius 1 is 0.371 bits per heavy atom. The molecule has 1 saturated heterocycles. The van der Waals surface area contributed by atoms with Gasteiger partial charge in [0.2, 0.25) is 0 Å². The molecule has 0 bridgehead atoms. The summed E-state index contributed by atoms with van der Waals surface area (Å²) in [6, 6.07) is 59.4. The molecule has 1 aliphatic rings. The highest BCUT2D eigenvalue weighted by Crippen LogP contribution is 2.40. The van der Waals surface area contributed by atoms with Gasteiger partial charge in [-0.15, -0.1) is 0 Å². The van der Waals surface area contributed by atoms with Crippen molar-refractivity contribution in [2.24, 2.45) is 0 Å². The maximum atomic E-state index is 6.33. The number of imidazole rings is 3. The van der Waals surface area contributed by atoms with E-state index in [0.29, 0.717) is 13.1 Å². The molecule has 8 aromatic carbocycles. The van der Waals surface area contributed by atoms with Gasteiger partial charge in [0.15, 0.2) is 17.5 Å². The molecule has 0 amide bonds. The van der Waals surface area contributed by atoms with Crippen molar-refractivity contribution in [2.75, 3.05) is 14.2 Å². The van der Waals surface area contributed by atoms with E-state index in [0.717, 1.165) is 169 Å². The molecular weight excluding hydrogens is 1810 g/mol. The van der Waals surface area contributed by atoms with Crippen LogP contribution in [0.1, 0.15) is 88.9 Å². The highest BCUT2D eigenvalue weighted by atomic mass is 79.9. The van der Waals surface area contributed by atoms with Gasteiger partial charge in [-0.25, -0.2) is 15.0 Å². The summed E-state index contributed by atoms with van der Waals surface area (Å²) in [6.07, 6.45) is 18.6. The van der Waals surface area contributed by atoms with E-state index in [1.54, 1.807) is 26.6 Å². The fraction of sp³-hybridized carbons (Fsp3) is 0.194. The molecule has 0 spiro atoms. The largest absolute Gasteiger partial charge is 0.497 e. The van der Waals surface area contributed by atoms with E-state index in [9.17, 15) is 0 Å². The lowest BCUT2D eigenvalue weighted by molar-refractivity contribution is 0.00578. The summed E-state index contributed by atoms with van der Waals surface area (Å²) in [7, 11) is 2.90. The van der Waals surface area contributed by atoms with Crippen molar-refractivity contribution in [1.82, 2.24) is 84.6 Å². The average Bonchev–Trinajstić information content (AvgIpc) is 1.59. The van der Waals surface area contributed by atoms with Crippen LogP contribution in [0.4, 0.5) is 0 Å². The summed E-state index contributed by atoms with van der Waals surface area (Å²) in [5, 5.41) is 20.8. The van der Waals surface area contributed by atoms with Crippen LogP contribution >= 0.6 is 63.7 Å². The summed E-state index contributed by atoms with van der Waals surface area (Å²) < 4.78 is 31.6. The van der Waals surface area contributed by atoms with Gasteiger partial charge in [0.25, 0.3) is 0 Å². The van der Waals surface area contributed by atoms with E-state index in [1.165, 1.54) is 50.1 Å². The predicted molar refractivity (Wildman–Crippen MR) is 513 cm³/mol. The minimum Gasteiger partial charge on any atom is -0.497 e. The first-order chi connectivity index (χ1) is 59.7. The minimum absolute atomic E-state index is 0.410. The number of aryl methyl sites for hydroxylation is 4. The maximum Gasteiger partial charge on any atom is 0.494 e. The summed E-state index contributed by atoms with van der Waals surface area (Å²) in [6.45, 7) is 28.3. The van der Waals surface area contributed by atoms with Crippen molar-refractivity contribution in [3.8, 4) is 68.3 Å². The third kappa shape index (κ3) is 19.0. The number of aromatic amines is 4. The molecule has 124 heavy (non-hydrogen) atoms. The number of para-hydroxylation sites is 6. The van der Waals surface area contributed by atoms with Gasteiger partial charge in [-0.3, -0.25) is 39.4 Å². The second-order valence-electron chi connectivity index (χ2n) is 31.6. The molecule has 0 radical (unpaired) electrons. The highest BCUT2D eigenvalue weighted by molar-refractivity contribution is 9.11. The molecule has 11 aromatic heterocycles. The maximum absolute atomic E-state index is 6.33. The number of rotatable bonds is 12. The quantitative estimate of drug-likeness (QED) is 0.0830. The Balaban J connectivity index is 0.000000126. The van der Waals surface area contributed by atoms with Gasteiger partial charge in [0.05, 0.1) is 88.2 Å². The predicted octanol–water partition coefficient (Wildman–Crippen LogP) is 23.9. The smallest absolute Gasteiger partial charge is 0.494 e. The lowest BCUT2D eigenvalue weighted by atomic mass is 9.78. The number of aromatic nitrogens is 17. The molecule has 0 aliphatic carbocycles. The number of benzene rings is 8. The Kier molecular flexibility index (Phi) is 26.2. The first-order valence-corrected chi connectivity index (χ1v) is 43.6. The molecular formula is C98H92BBr4N17O4. The number of nitrogens with one attached hydrogen (secondary N) is 4. The average molecular weight is 1900 g/mol. The van der Waals surface area contributed by atoms with Crippen molar-refractivity contribution < 1.29 is 18.8 Å². The molecule has 0 unspecified atom stereocenters. The van der Waals surface area contributed by atoms with Gasteiger partial charge in [-0.2, -0.15) is 15.3 Å². The van der Waals surface area contributed by atoms with Gasteiger partial charge in [0.1, 0.15) is 28.6 Å². The van der Waals surface area contributed by atoms with Crippen molar-refractivity contribution >= 4 is 142 Å². The number of ether oxygens (including phenoxy) is 2. The van der Waals surface area contributed by atoms with E-state index in [4.69, 9.17) is 38.9 Å². The van der Waals surface area contributed by atoms with E-state index < -0.39 is 18.3 Å². The van der Waals surface area contributed by atoms with E-state index in [1.807, 2.05) is 177 Å². The molecule has 4 N–H and O–H groups in total. The highest BCUT2D eigenvalue weighted by Gasteiger charge is 2.52. The standard InChI is InChI=1S/C29H25N5O.C28H29BN4O3.C21H17N5.2C7H8BrN.C6H5Br2N/c1-18-15-30-16-24(19(18)2)21-10-13-27-23(14-21)28(29-31-25-6-4-5-7-26(25)32-29)33-34(27)17-20-8-11-22(35-3)12-9-20;1-27(2)28(3,4)36-29(35-27)19-12-15-24-21(16-19)25(26-30-22-8-6-7-9-23(22)31-26)32-33(24)17-18-10-13-20(34-5)14-11-18;1-12-10-22-11-16(13(12)2)14-7-8-17-15(9-14)20(26-25-17)21-23-18-5-3-4-6-19(18)24-21;2*1-5-3-9-4-7(8)6(5)2;1-4-5(7)2-9-3-6(4)8/h4-16H,17H2,1-3H3,(H,31,32);6-16H,17H2,1-5H3,(H,30,31);3-11H,1-2H3,(H,23,24)(H,25,26);2*3-4H,1-2H3;2-3H,1H3. The van der Waals surface area contributed by atoms with Crippen LogP contribution in [-0.2, 0) is 22.4 Å². The van der Waals surface area contributed by atoms with E-state index in [2.05, 4.69) is 267 Å². The molecule has 1 aliphatic heterocycles. The first-order valence-electron chi connectivity index (χ1n) is 40.4. The number of hydrogen-bond acceptors (Lipinski definition) is 15. The Bertz CT molecular complexity index is 6780. The van der Waals surface area contributed by atoms with Crippen LogP contribution in [0.2, 0.25) is 0 Å². The number of H-pyrrole nitrogens is 4. The van der Waals surface area contributed by atoms with Crippen molar-refractivity contribution in [3.05, 3.63) is 317 Å². The molecule has 21 nitrogen and oxygen atoms in total. The number of halogens is 4. The van der Waals surface area contributed by atoms with E-state index >= 15 is 0 Å². The Labute approximate surface area is 753 Å². The zero-order valence-corrected chi connectivity index (χ0v) is 77.8. The Morgan fingerprint density at radius 3 is 1.14 bits per heavy atom. The summed E-state index contributed by atoms with van der Waals surface area (Å²) >= 11 is 13.5. The molecule has 0 atom stereocenters. The molecule has 0 saturated carbocycles. The number of methoxy groups -OCH3 is 2. The van der Waals surface area contributed by atoms with Gasteiger partial charge in [-0.1, -0.05) is 84.9 Å². The fourth-order valence-electron chi connectivity index (χ4n) is 14.1. The van der Waals surface area contributed by atoms with Crippen LogP contribution in [0, 0.1) is 62.3 Å². The van der Waals surface area contributed by atoms with Crippen LogP contribution in [0.3, 0.4) is 0 Å². The van der Waals surface area contributed by atoms with Crippen molar-refractivity contribution in [2.45, 2.75) is 114 Å². The Morgan fingerprint density at radius 2 is 0.734 bits per heavy atom. The SMILES string of the molecule is COc1ccc(Cn2nc(-c3nc4ccccc4[nH]3)c3cc(-c4cncc(C)c4C)ccc32)cc1.COc1ccc(Cn2nc(-c3nc4ccccc4[nH]3)c3cc(B4OC(C)(C)C(C)(C)O4)ccc32)cc1.Cc1c(Br)cncc1Br.Cc1cncc(-c2ccc3[nH]nc(-c4nc5ccccc5[nH]4)c3c2)c1C.Cc1cncc(Br)c1C.Cc1cncc(Br)c1C. The molecule has 624 valence electrons. The lowest BCUT2D eigenvalue weighted by Crippen LogP contribution is -2.41. The lowest BCUT2D eigenvalue weighted by Gasteiger charge is -2.32. The summed E-state index contributed by atoms with van der Waals surface area (Å²) in [5.74, 6) is 3.95. The fourth-order valence-corrected chi connectivity index (χ4v) is 15.9. The minimum atomic E-state index is -0.451. The van der Waals surface area contributed by atoms with Gasteiger partial charge < -0.3 is 33.7 Å². The molecule has 26 heteroatoms. The van der Waals surface area contributed by atoms with Crippen LogP contribution in [-0.4, -0.2) is 117 Å². The molecule has 19 aromatic rings. The monoisotopic (exact) mass is 1900 g/mol. The van der Waals surface area contributed by atoms with Crippen LogP contribution < -0.4 is 14.9 Å². The van der Waals surface area contributed by atoms with Gasteiger partial charge in [-0.05, 0) is 323 Å². The first kappa shape index (κ1) is 86.8. The summed E-state index contributed by atoms with van der Waals surface area (Å²) in [4.78, 5) is 45.4. The number of pyridine rings is 5. The third-order valence-corrected chi connectivity index (χ3v) is 26.1. The number of nitrogens with zero attached hydrogens (tertiary/aromatic N) is 13. The van der Waals surface area contributed by atoms with Gasteiger partial charge >= 0.3 is 7.12 Å². The van der Waals surface area contributed by atoms with Gasteiger partial charge in [0, 0.05) is 107 Å². The molecule has 20 rings (SSSR count). The van der Waals surface area contributed by atoms with Crippen LogP contribution in [0.25, 0.3) is 123 Å². The van der Waals surface area contributed by atoms with E-state index in [-0.39, 0.29) is 0 Å². The topological polar surface area (TPSA) is 252 Å². The normalized spacial score (nSPS) is 12.6. The zero-order chi connectivity index (χ0) is 87.3. The number of hydrogen-bond donors (Lipinski definition) is 4. The third-order valence-electron chi connectivity index (χ3n) is 22.9. The molecule has 1 fully saturated rings. The van der Waals surface area contributed by atoms with Crippen LogP contribution in [0.15, 0.2) is 256 Å². The van der Waals surface area contributed by atoms with Crippen molar-refractivity contribution in [1.29, 1.82) is 0 Å². The number of fused-ring (bicyclic) bond motifs is 6. The molecule has 12 heterocycles. The van der Waals surface area contributed by atoms with Crippen LogP contribution in [0.5, 0.6) is 11.5 Å².